The van der Waals surface area contributed by atoms with Gasteiger partial charge in [0.15, 0.2) is 5.52 Å². The number of benzene rings is 2. The Morgan fingerprint density at radius 3 is 2.62 bits per heavy atom. The zero-order valence-electron chi connectivity index (χ0n) is 11.1. The van der Waals surface area contributed by atoms with Gasteiger partial charge in [-0.05, 0) is 18.2 Å². The van der Waals surface area contributed by atoms with E-state index >= 15 is 0 Å². The van der Waals surface area contributed by atoms with Crippen molar-refractivity contribution in [1.82, 2.24) is 14.8 Å². The van der Waals surface area contributed by atoms with Crippen LogP contribution in [0.15, 0.2) is 59.5 Å². The molecule has 0 bridgehead atoms. The number of nitrogens with two attached hydrogens (primary N) is 1. The number of H-pyrrole nitrogens is 1. The minimum absolute atomic E-state index is 0.231. The number of aromatic amines is 1. The van der Waals surface area contributed by atoms with E-state index in [-0.39, 0.29) is 5.56 Å². The number of rotatable bonds is 1. The third kappa shape index (κ3) is 1.71. The number of fused-ring (bicyclic) bond motifs is 3. The molecule has 0 fully saturated rings. The van der Waals surface area contributed by atoms with Gasteiger partial charge in [-0.25, -0.2) is 4.68 Å². The van der Waals surface area contributed by atoms with Gasteiger partial charge in [-0.2, -0.15) is 5.10 Å². The van der Waals surface area contributed by atoms with E-state index in [0.29, 0.717) is 16.7 Å². The lowest BCUT2D eigenvalue weighted by molar-refractivity contribution is 0.894. The smallest absolute Gasteiger partial charge is 0.276 e. The molecule has 0 saturated carbocycles. The first-order valence-corrected chi connectivity index (χ1v) is 6.59. The van der Waals surface area contributed by atoms with Crippen molar-refractivity contribution in [3.63, 3.8) is 0 Å². The third-order valence-electron chi connectivity index (χ3n) is 3.58. The standard InChI is InChI=1S/C16H12N4O/c17-13-8-4-7-11-12-9-20(10-5-2-1-3-6-10)19-15(12)16(21)18-14(11)13/h1-9H,17H2,(H,18,21). The van der Waals surface area contributed by atoms with Crippen molar-refractivity contribution >= 4 is 27.5 Å². The van der Waals surface area contributed by atoms with Gasteiger partial charge in [-0.15, -0.1) is 0 Å². The Bertz CT molecular complexity index is 1010. The average Bonchev–Trinajstić information content (AvgIpc) is 2.96. The lowest BCUT2D eigenvalue weighted by atomic mass is 10.1. The van der Waals surface area contributed by atoms with E-state index in [1.54, 1.807) is 10.7 Å². The molecule has 0 atom stereocenters. The van der Waals surface area contributed by atoms with E-state index in [1.165, 1.54) is 0 Å². The molecule has 21 heavy (non-hydrogen) atoms. The Kier molecular flexibility index (Phi) is 2.35. The maximum atomic E-state index is 12.2. The second kappa shape index (κ2) is 4.21. The molecule has 0 unspecified atom stereocenters. The van der Waals surface area contributed by atoms with Gasteiger partial charge in [-0.3, -0.25) is 4.79 Å². The zero-order chi connectivity index (χ0) is 14.4. The Morgan fingerprint density at radius 2 is 1.81 bits per heavy atom. The lowest BCUT2D eigenvalue weighted by Crippen LogP contribution is -2.08. The van der Waals surface area contributed by atoms with Crippen LogP contribution in [0.5, 0.6) is 0 Å². The van der Waals surface area contributed by atoms with Crippen molar-refractivity contribution in [2.24, 2.45) is 0 Å². The summed E-state index contributed by atoms with van der Waals surface area (Å²) >= 11 is 0. The van der Waals surface area contributed by atoms with Crippen LogP contribution in [0.3, 0.4) is 0 Å². The van der Waals surface area contributed by atoms with Crippen LogP contribution in [0.25, 0.3) is 27.5 Å². The second-order valence-corrected chi connectivity index (χ2v) is 4.90. The zero-order valence-corrected chi connectivity index (χ0v) is 11.1. The van der Waals surface area contributed by atoms with Gasteiger partial charge in [0.25, 0.3) is 5.56 Å². The Hall–Kier alpha value is -3.08. The molecule has 0 radical (unpaired) electrons. The molecule has 2 heterocycles. The molecule has 0 spiro atoms. The number of hydrogen-bond acceptors (Lipinski definition) is 3. The maximum Gasteiger partial charge on any atom is 0.276 e. The van der Waals surface area contributed by atoms with Crippen molar-refractivity contribution in [2.75, 3.05) is 5.73 Å². The second-order valence-electron chi connectivity index (χ2n) is 4.90. The number of pyridine rings is 1. The molecule has 2 aromatic heterocycles. The van der Waals surface area contributed by atoms with E-state index in [2.05, 4.69) is 10.1 Å². The number of para-hydroxylation sites is 2. The van der Waals surface area contributed by atoms with Gasteiger partial charge >= 0.3 is 0 Å². The first-order chi connectivity index (χ1) is 10.2. The van der Waals surface area contributed by atoms with E-state index in [9.17, 15) is 4.79 Å². The topological polar surface area (TPSA) is 76.7 Å². The molecule has 4 aromatic rings. The van der Waals surface area contributed by atoms with Gasteiger partial charge in [0.05, 0.1) is 16.9 Å². The van der Waals surface area contributed by atoms with Gasteiger partial charge in [0, 0.05) is 17.0 Å². The van der Waals surface area contributed by atoms with Crippen LogP contribution < -0.4 is 11.3 Å². The predicted molar refractivity (Wildman–Crippen MR) is 83.6 cm³/mol. The molecule has 0 aliphatic rings. The summed E-state index contributed by atoms with van der Waals surface area (Å²) in [6, 6.07) is 15.3. The molecular formula is C16H12N4O. The first kappa shape index (κ1) is 11.7. The molecule has 0 aliphatic heterocycles. The first-order valence-electron chi connectivity index (χ1n) is 6.59. The Labute approximate surface area is 119 Å². The summed E-state index contributed by atoms with van der Waals surface area (Å²) in [5.41, 5.74) is 8.24. The molecule has 0 saturated heterocycles. The van der Waals surface area contributed by atoms with Crippen molar-refractivity contribution in [3.8, 4) is 5.69 Å². The van der Waals surface area contributed by atoms with E-state index < -0.39 is 0 Å². The molecule has 5 heteroatoms. The van der Waals surface area contributed by atoms with E-state index in [4.69, 9.17) is 5.73 Å². The fourth-order valence-corrected chi connectivity index (χ4v) is 2.56. The summed E-state index contributed by atoms with van der Waals surface area (Å²) in [5.74, 6) is 0. The third-order valence-corrected chi connectivity index (χ3v) is 3.58. The highest BCUT2D eigenvalue weighted by Crippen LogP contribution is 2.25. The van der Waals surface area contributed by atoms with E-state index in [1.807, 2.05) is 48.7 Å². The summed E-state index contributed by atoms with van der Waals surface area (Å²) in [4.78, 5) is 15.0. The minimum atomic E-state index is -0.231. The molecule has 3 N–H and O–H groups in total. The number of anilines is 1. The fourth-order valence-electron chi connectivity index (χ4n) is 2.56. The van der Waals surface area contributed by atoms with Gasteiger partial charge in [-0.1, -0.05) is 30.3 Å². The number of hydrogen-bond donors (Lipinski definition) is 2. The Balaban J connectivity index is 2.12. The maximum absolute atomic E-state index is 12.2. The lowest BCUT2D eigenvalue weighted by Gasteiger charge is -2.01. The number of nitrogens with one attached hydrogen (secondary N) is 1. The van der Waals surface area contributed by atoms with Gasteiger partial charge in [0.2, 0.25) is 0 Å². The monoisotopic (exact) mass is 276 g/mol. The SMILES string of the molecule is Nc1cccc2c1[nH]c(=O)c1nn(-c3ccccc3)cc12. The highest BCUT2D eigenvalue weighted by atomic mass is 16.1. The molecule has 0 aliphatic carbocycles. The summed E-state index contributed by atoms with van der Waals surface area (Å²) in [7, 11) is 0. The van der Waals surface area contributed by atoms with Crippen LogP contribution in [-0.4, -0.2) is 14.8 Å². The van der Waals surface area contributed by atoms with Gasteiger partial charge < -0.3 is 10.7 Å². The molecule has 4 rings (SSSR count). The minimum Gasteiger partial charge on any atom is -0.397 e. The summed E-state index contributed by atoms with van der Waals surface area (Å²) < 4.78 is 1.71. The highest BCUT2D eigenvalue weighted by molar-refractivity contribution is 6.07. The van der Waals surface area contributed by atoms with Crippen LogP contribution in [-0.2, 0) is 0 Å². The molecular weight excluding hydrogens is 264 g/mol. The molecule has 5 nitrogen and oxygen atoms in total. The molecule has 2 aromatic carbocycles. The van der Waals surface area contributed by atoms with Crippen molar-refractivity contribution in [2.45, 2.75) is 0 Å². The van der Waals surface area contributed by atoms with Crippen LogP contribution in [0.1, 0.15) is 0 Å². The van der Waals surface area contributed by atoms with Crippen molar-refractivity contribution < 1.29 is 0 Å². The van der Waals surface area contributed by atoms with Crippen LogP contribution in [0.2, 0.25) is 0 Å². The van der Waals surface area contributed by atoms with Crippen LogP contribution in [0, 0.1) is 0 Å². The summed E-state index contributed by atoms with van der Waals surface area (Å²) in [5, 5.41) is 6.09. The van der Waals surface area contributed by atoms with E-state index in [0.717, 1.165) is 16.5 Å². The molecule has 102 valence electrons. The highest BCUT2D eigenvalue weighted by Gasteiger charge is 2.11. The number of nitrogen functional groups attached to an aromatic ring is 1. The largest absolute Gasteiger partial charge is 0.397 e. The average molecular weight is 276 g/mol. The fraction of sp³-hybridized carbons (Fsp3) is 0. The predicted octanol–water partition coefficient (Wildman–Crippen LogP) is 2.45. The van der Waals surface area contributed by atoms with Crippen LogP contribution >= 0.6 is 0 Å². The molecule has 0 amide bonds. The van der Waals surface area contributed by atoms with Crippen molar-refractivity contribution in [1.29, 1.82) is 0 Å². The van der Waals surface area contributed by atoms with Gasteiger partial charge in [0.1, 0.15) is 0 Å². The summed E-state index contributed by atoms with van der Waals surface area (Å²) in [6.07, 6.45) is 1.86. The van der Waals surface area contributed by atoms with Crippen LogP contribution in [0.4, 0.5) is 5.69 Å². The number of aromatic nitrogens is 3. The summed E-state index contributed by atoms with van der Waals surface area (Å²) in [6.45, 7) is 0. The van der Waals surface area contributed by atoms with Crippen molar-refractivity contribution in [3.05, 3.63) is 65.1 Å². The Morgan fingerprint density at radius 1 is 1.00 bits per heavy atom. The number of nitrogens with zero attached hydrogens (tertiary/aromatic N) is 2. The normalized spacial score (nSPS) is 11.2. The quantitative estimate of drug-likeness (QED) is 0.524.